The highest BCUT2D eigenvalue weighted by Gasteiger charge is 2.13. The number of carbonyl (C=O) groups excluding carboxylic acids is 1. The number of likely N-dealkylation sites (tertiary alicyclic amines) is 1. The van der Waals surface area contributed by atoms with Crippen molar-refractivity contribution < 1.29 is 4.79 Å². The maximum Gasteiger partial charge on any atom is 0.238 e. The van der Waals surface area contributed by atoms with Gasteiger partial charge < -0.3 is 5.32 Å². The summed E-state index contributed by atoms with van der Waals surface area (Å²) in [5.74, 6) is 0.0131. The van der Waals surface area contributed by atoms with Crippen molar-refractivity contribution >= 4 is 34.2 Å². The first-order valence-electron chi connectivity index (χ1n) is 7.61. The largest absolute Gasteiger partial charge is 0.325 e. The summed E-state index contributed by atoms with van der Waals surface area (Å²) in [6.45, 7) is 2.46. The summed E-state index contributed by atoms with van der Waals surface area (Å²) >= 11 is 1.36. The minimum absolute atomic E-state index is 0.0131. The Morgan fingerprint density at radius 1 is 1.30 bits per heavy atom. The van der Waals surface area contributed by atoms with Gasteiger partial charge in [0.2, 0.25) is 5.91 Å². The van der Waals surface area contributed by atoms with Gasteiger partial charge in [-0.1, -0.05) is 18.2 Å². The smallest absolute Gasteiger partial charge is 0.238 e. The molecule has 2 N–H and O–H groups in total. The minimum atomic E-state index is 0.0131. The zero-order chi connectivity index (χ0) is 16.5. The number of nitrogens with zero attached hydrogens (tertiary/aromatic N) is 3. The summed E-state index contributed by atoms with van der Waals surface area (Å²) < 4.78 is 0. The second kappa shape index (κ2) is 9.18. The summed E-state index contributed by atoms with van der Waals surface area (Å²) in [6, 6.07) is 7.26. The lowest BCUT2D eigenvalue weighted by molar-refractivity contribution is -0.117. The van der Waals surface area contributed by atoms with Crippen LogP contribution >= 0.6 is 11.8 Å². The third kappa shape index (κ3) is 5.93. The monoisotopic (exact) mass is 331 g/mol. The van der Waals surface area contributed by atoms with Crippen LogP contribution in [0, 0.1) is 11.5 Å². The number of anilines is 1. The Hall–Kier alpha value is -2.04. The number of thioether (sulfide) groups is 1. The summed E-state index contributed by atoms with van der Waals surface area (Å²) in [7, 11) is 0. The van der Waals surface area contributed by atoms with Crippen LogP contribution in [0.1, 0.15) is 19.3 Å². The Bertz CT molecular complexity index is 587. The van der Waals surface area contributed by atoms with Crippen molar-refractivity contribution in [1.82, 2.24) is 10.2 Å². The highest BCUT2D eigenvalue weighted by molar-refractivity contribution is 8.13. The van der Waals surface area contributed by atoms with Crippen molar-refractivity contribution in [2.45, 2.75) is 19.3 Å². The van der Waals surface area contributed by atoms with Gasteiger partial charge in [-0.15, -0.1) is 0 Å². The van der Waals surface area contributed by atoms with Gasteiger partial charge in [-0.3, -0.25) is 15.0 Å². The van der Waals surface area contributed by atoms with Crippen LogP contribution in [0.2, 0.25) is 0 Å². The standard InChI is InChI=1S/C16H21N5OS/c1-23-16(18-12-17)20-14-7-5-13(6-8-14)19-15(22)11-21-9-3-2-4-10-21/h5-8H,2-4,9-11H2,1H3,(H,18,20)(H,19,22). The molecule has 2 rings (SSSR count). The van der Waals surface area contributed by atoms with Crippen LogP contribution in [0.4, 0.5) is 11.4 Å². The molecule has 23 heavy (non-hydrogen) atoms. The highest BCUT2D eigenvalue weighted by atomic mass is 32.2. The van der Waals surface area contributed by atoms with Gasteiger partial charge in [-0.25, -0.2) is 4.99 Å². The molecule has 0 radical (unpaired) electrons. The number of rotatable bonds is 4. The molecule has 0 aromatic heterocycles. The maximum absolute atomic E-state index is 12.0. The number of nitrogens with one attached hydrogen (secondary N) is 2. The van der Waals surface area contributed by atoms with Crippen LogP contribution in [0.15, 0.2) is 29.3 Å². The Morgan fingerprint density at radius 3 is 2.61 bits per heavy atom. The van der Waals surface area contributed by atoms with E-state index in [-0.39, 0.29) is 5.91 Å². The number of piperidine rings is 1. The Balaban J connectivity index is 1.89. The molecule has 7 heteroatoms. The van der Waals surface area contributed by atoms with E-state index in [0.29, 0.717) is 11.7 Å². The Labute approximate surface area is 141 Å². The normalized spacial score (nSPS) is 15.7. The molecule has 1 aliphatic rings. The molecule has 1 heterocycles. The molecule has 6 nitrogen and oxygen atoms in total. The van der Waals surface area contributed by atoms with E-state index in [1.807, 2.05) is 36.7 Å². The average Bonchev–Trinajstić information content (AvgIpc) is 2.57. The molecule has 0 bridgehead atoms. The molecular formula is C16H21N5OS. The number of hydrogen-bond donors (Lipinski definition) is 2. The molecule has 0 spiro atoms. The third-order valence-corrected chi connectivity index (χ3v) is 4.13. The molecule has 0 aliphatic carbocycles. The van der Waals surface area contributed by atoms with E-state index in [0.717, 1.165) is 24.5 Å². The first kappa shape index (κ1) is 17.3. The second-order valence-electron chi connectivity index (χ2n) is 5.29. The Kier molecular flexibility index (Phi) is 6.91. The SMILES string of the molecule is CSC(=Nc1ccc(NC(=O)CN2CCCCC2)cc1)NC#N. The number of hydrogen-bond acceptors (Lipinski definition) is 5. The van der Waals surface area contributed by atoms with Crippen LogP contribution in [0.25, 0.3) is 0 Å². The van der Waals surface area contributed by atoms with Crippen molar-refractivity contribution in [2.75, 3.05) is 31.2 Å². The van der Waals surface area contributed by atoms with Crippen LogP contribution in [-0.2, 0) is 4.79 Å². The first-order chi connectivity index (χ1) is 11.2. The molecule has 1 aliphatic heterocycles. The van der Waals surface area contributed by atoms with E-state index in [1.165, 1.54) is 31.0 Å². The van der Waals surface area contributed by atoms with Gasteiger partial charge >= 0.3 is 0 Å². The lowest BCUT2D eigenvalue weighted by Crippen LogP contribution is -2.36. The van der Waals surface area contributed by atoms with E-state index in [4.69, 9.17) is 5.26 Å². The first-order valence-corrected chi connectivity index (χ1v) is 8.84. The molecule has 0 atom stereocenters. The summed E-state index contributed by atoms with van der Waals surface area (Å²) in [6.07, 6.45) is 7.31. The van der Waals surface area contributed by atoms with Gasteiger partial charge in [0.1, 0.15) is 0 Å². The zero-order valence-corrected chi connectivity index (χ0v) is 14.0. The van der Waals surface area contributed by atoms with Crippen molar-refractivity contribution in [1.29, 1.82) is 5.26 Å². The second-order valence-corrected chi connectivity index (χ2v) is 6.08. The van der Waals surface area contributed by atoms with Crippen LogP contribution < -0.4 is 10.6 Å². The van der Waals surface area contributed by atoms with E-state index in [1.54, 1.807) is 0 Å². The van der Waals surface area contributed by atoms with E-state index < -0.39 is 0 Å². The number of amidine groups is 1. The fourth-order valence-corrected chi connectivity index (χ4v) is 2.77. The van der Waals surface area contributed by atoms with Crippen LogP contribution in [0.5, 0.6) is 0 Å². The van der Waals surface area contributed by atoms with Gasteiger partial charge in [0, 0.05) is 5.69 Å². The molecule has 1 aromatic rings. The Morgan fingerprint density at radius 2 is 2.00 bits per heavy atom. The van der Waals surface area contributed by atoms with Gasteiger partial charge in [-0.2, -0.15) is 5.26 Å². The number of amides is 1. The zero-order valence-electron chi connectivity index (χ0n) is 13.2. The molecule has 0 unspecified atom stereocenters. The molecule has 122 valence electrons. The van der Waals surface area contributed by atoms with Crippen molar-refractivity contribution in [2.24, 2.45) is 4.99 Å². The van der Waals surface area contributed by atoms with E-state index in [2.05, 4.69) is 20.5 Å². The summed E-state index contributed by atoms with van der Waals surface area (Å²) in [5, 5.41) is 14.6. The fourth-order valence-electron chi connectivity index (χ4n) is 2.43. The fraction of sp³-hybridized carbons (Fsp3) is 0.438. The number of benzene rings is 1. The minimum Gasteiger partial charge on any atom is -0.325 e. The topological polar surface area (TPSA) is 80.5 Å². The van der Waals surface area contributed by atoms with Gasteiger partial charge in [0.15, 0.2) is 11.4 Å². The van der Waals surface area contributed by atoms with Gasteiger partial charge in [0.25, 0.3) is 0 Å². The van der Waals surface area contributed by atoms with Crippen molar-refractivity contribution in [3.8, 4) is 6.19 Å². The third-order valence-electron chi connectivity index (χ3n) is 3.55. The lowest BCUT2D eigenvalue weighted by atomic mass is 10.1. The highest BCUT2D eigenvalue weighted by Crippen LogP contribution is 2.18. The summed E-state index contributed by atoms with van der Waals surface area (Å²) in [4.78, 5) is 18.5. The van der Waals surface area contributed by atoms with Crippen LogP contribution in [-0.4, -0.2) is 41.9 Å². The average molecular weight is 331 g/mol. The molecule has 1 saturated heterocycles. The number of carbonyl (C=O) groups is 1. The van der Waals surface area contributed by atoms with Crippen molar-refractivity contribution in [3.63, 3.8) is 0 Å². The van der Waals surface area contributed by atoms with Gasteiger partial charge in [-0.05, 0) is 56.5 Å². The predicted molar refractivity (Wildman–Crippen MR) is 94.7 cm³/mol. The predicted octanol–water partition coefficient (Wildman–Crippen LogP) is 2.53. The number of nitriles is 1. The molecule has 1 aromatic carbocycles. The summed E-state index contributed by atoms with van der Waals surface area (Å²) in [5.41, 5.74) is 1.48. The quantitative estimate of drug-likeness (QED) is 0.383. The van der Waals surface area contributed by atoms with Gasteiger partial charge in [0.05, 0.1) is 12.2 Å². The van der Waals surface area contributed by atoms with Crippen LogP contribution in [0.3, 0.4) is 0 Å². The molecule has 1 fully saturated rings. The molecule has 1 amide bonds. The molecular weight excluding hydrogens is 310 g/mol. The molecule has 0 saturated carbocycles. The van der Waals surface area contributed by atoms with Crippen molar-refractivity contribution in [3.05, 3.63) is 24.3 Å². The maximum atomic E-state index is 12.0. The number of aliphatic imine (C=N–C) groups is 1. The van der Waals surface area contributed by atoms with E-state index in [9.17, 15) is 4.79 Å². The lowest BCUT2D eigenvalue weighted by Gasteiger charge is -2.25. The van der Waals surface area contributed by atoms with E-state index >= 15 is 0 Å².